The Labute approximate surface area is 282 Å². The lowest BCUT2D eigenvalue weighted by atomic mass is 9.81. The number of aromatic nitrogens is 2. The molecule has 12 heteroatoms. The molecule has 0 aliphatic carbocycles. The molecule has 3 aromatic carbocycles. The van der Waals surface area contributed by atoms with Crippen LogP contribution >= 0.6 is 23.4 Å². The largest absolute Gasteiger partial charge is 0.494 e. The summed E-state index contributed by atoms with van der Waals surface area (Å²) in [4.78, 5) is 20.1. The number of quaternary nitrogens is 1. The van der Waals surface area contributed by atoms with Gasteiger partial charge < -0.3 is 14.5 Å². The monoisotopic (exact) mass is 684 g/mol. The van der Waals surface area contributed by atoms with Crippen molar-refractivity contribution in [2.24, 2.45) is 0 Å². The van der Waals surface area contributed by atoms with Gasteiger partial charge in [0.1, 0.15) is 11.6 Å². The van der Waals surface area contributed by atoms with Gasteiger partial charge in [0.25, 0.3) is 5.91 Å². The van der Waals surface area contributed by atoms with Gasteiger partial charge in [0.2, 0.25) is 0 Å². The van der Waals surface area contributed by atoms with Crippen LogP contribution in [0.2, 0.25) is 5.02 Å². The zero-order chi connectivity index (χ0) is 33.3. The van der Waals surface area contributed by atoms with Gasteiger partial charge in [-0.15, -0.1) is 0 Å². The molecule has 0 saturated carbocycles. The molecule has 3 aliphatic rings. The molecule has 0 radical (unpaired) electrons. The fraction of sp³-hybridized carbons (Fsp3) is 0.371. The Balaban J connectivity index is 1.21. The third-order valence-electron chi connectivity index (χ3n) is 9.62. The van der Waals surface area contributed by atoms with Crippen molar-refractivity contribution >= 4 is 29.3 Å². The molecule has 0 spiro atoms. The number of imidazole rings is 1. The molecule has 248 valence electrons. The lowest BCUT2D eigenvalue weighted by Gasteiger charge is -2.50. The van der Waals surface area contributed by atoms with E-state index in [1.807, 2.05) is 18.4 Å². The van der Waals surface area contributed by atoms with Gasteiger partial charge in [-0.3, -0.25) is 14.3 Å². The maximum absolute atomic E-state index is 15.5. The number of hydrogen-bond donors (Lipinski definition) is 1. The molecule has 4 aromatic rings. The molecular formula is C35H38ClF3N5O2S+. The zero-order valence-corrected chi connectivity index (χ0v) is 28.2. The summed E-state index contributed by atoms with van der Waals surface area (Å²) in [5.74, 6) is -1.54. The van der Waals surface area contributed by atoms with Crippen LogP contribution in [0.15, 0.2) is 66.0 Å². The summed E-state index contributed by atoms with van der Waals surface area (Å²) in [6, 6.07) is 13.4. The van der Waals surface area contributed by atoms with E-state index in [1.54, 1.807) is 30.5 Å². The van der Waals surface area contributed by atoms with Crippen LogP contribution in [-0.4, -0.2) is 84.3 Å². The minimum absolute atomic E-state index is 0.119. The lowest BCUT2D eigenvalue weighted by Crippen LogP contribution is -2.68. The Morgan fingerprint density at radius 2 is 1.72 bits per heavy atom. The maximum Gasteiger partial charge on any atom is 0.251 e. The number of piperazine rings is 3. The van der Waals surface area contributed by atoms with E-state index in [0.717, 1.165) is 61.6 Å². The number of nitrogens with one attached hydrogen (secondary N) is 1. The van der Waals surface area contributed by atoms with E-state index in [9.17, 15) is 13.6 Å². The molecular weight excluding hydrogens is 647 g/mol. The summed E-state index contributed by atoms with van der Waals surface area (Å²) in [7, 11) is 1.41. The van der Waals surface area contributed by atoms with Crippen molar-refractivity contribution in [2.45, 2.75) is 30.2 Å². The number of halogens is 4. The van der Waals surface area contributed by atoms with Crippen LogP contribution in [0.25, 0.3) is 5.69 Å². The number of hydrogen-bond acceptors (Lipinski definition) is 5. The first-order valence-corrected chi connectivity index (χ1v) is 17.0. The smallest absolute Gasteiger partial charge is 0.251 e. The molecule has 2 bridgehead atoms. The van der Waals surface area contributed by atoms with Gasteiger partial charge >= 0.3 is 0 Å². The molecule has 1 aromatic heterocycles. The van der Waals surface area contributed by atoms with E-state index in [-0.39, 0.29) is 39.4 Å². The third-order valence-corrected chi connectivity index (χ3v) is 10.9. The van der Waals surface area contributed by atoms with Gasteiger partial charge in [-0.05, 0) is 54.1 Å². The number of ether oxygens (including phenoxy) is 1. The van der Waals surface area contributed by atoms with Gasteiger partial charge in [0, 0.05) is 52.6 Å². The number of thioether (sulfide) groups is 1. The highest BCUT2D eigenvalue weighted by atomic mass is 35.5. The summed E-state index contributed by atoms with van der Waals surface area (Å²) in [6.45, 7) is 11.9. The van der Waals surface area contributed by atoms with Crippen molar-refractivity contribution in [3.05, 3.63) is 106 Å². The molecule has 1 N–H and O–H groups in total. The second-order valence-electron chi connectivity index (χ2n) is 12.8. The first-order valence-electron chi connectivity index (χ1n) is 15.6. The Bertz CT molecular complexity index is 1740. The van der Waals surface area contributed by atoms with E-state index < -0.39 is 17.0 Å². The average molecular weight is 685 g/mol. The fourth-order valence-electron chi connectivity index (χ4n) is 6.50. The molecule has 47 heavy (non-hydrogen) atoms. The standard InChI is InChI=1S/C35H37ClF3N5O2S/c1-35(2,24-4-9-29(38)31(20-24)46-3)32-21-41-34(43(32)26-7-5-25(37)6-8-26)47-22-27-28(36)18-23(19-30(27)39)33(45)40-10-14-44-15-11-42(12-16-44)13-17-44/h4-9,18-21H,10-17,22H2,1-3H3/p+1. The zero-order valence-electron chi connectivity index (χ0n) is 26.7. The molecule has 7 nitrogen and oxygen atoms in total. The summed E-state index contributed by atoms with van der Waals surface area (Å²) >= 11 is 7.83. The molecule has 3 fully saturated rings. The Hall–Kier alpha value is -3.51. The van der Waals surface area contributed by atoms with Crippen molar-refractivity contribution in [1.29, 1.82) is 0 Å². The van der Waals surface area contributed by atoms with Crippen LogP contribution in [0.3, 0.4) is 0 Å². The highest BCUT2D eigenvalue weighted by molar-refractivity contribution is 7.98. The van der Waals surface area contributed by atoms with Crippen LogP contribution in [0.1, 0.15) is 41.0 Å². The molecule has 3 saturated heterocycles. The molecule has 0 unspecified atom stereocenters. The Morgan fingerprint density at radius 3 is 2.38 bits per heavy atom. The van der Waals surface area contributed by atoms with Crippen molar-refractivity contribution in [3.8, 4) is 11.4 Å². The van der Waals surface area contributed by atoms with E-state index in [1.165, 1.54) is 49.2 Å². The van der Waals surface area contributed by atoms with E-state index >= 15 is 4.39 Å². The minimum Gasteiger partial charge on any atom is -0.494 e. The van der Waals surface area contributed by atoms with Gasteiger partial charge in [-0.1, -0.05) is 43.3 Å². The van der Waals surface area contributed by atoms with Gasteiger partial charge in [0.15, 0.2) is 16.7 Å². The SMILES string of the molecule is COc1cc(C(C)(C)c2cnc(SCc3c(F)cc(C(=O)NCC[N+]45CCN(CC4)CC5)cc3Cl)n2-c2ccc(F)cc2)ccc1F. The predicted molar refractivity (Wildman–Crippen MR) is 178 cm³/mol. The van der Waals surface area contributed by atoms with E-state index in [2.05, 4.69) is 15.2 Å². The number of fused-ring (bicyclic) bond motifs is 3. The quantitative estimate of drug-likeness (QED) is 0.146. The van der Waals surface area contributed by atoms with Gasteiger partial charge in [-0.2, -0.15) is 0 Å². The number of carbonyl (C=O) groups is 1. The Morgan fingerprint density at radius 1 is 1.02 bits per heavy atom. The summed E-state index contributed by atoms with van der Waals surface area (Å²) in [5, 5.41) is 3.63. The third kappa shape index (κ3) is 6.90. The van der Waals surface area contributed by atoms with Crippen LogP contribution < -0.4 is 10.1 Å². The highest BCUT2D eigenvalue weighted by Gasteiger charge is 2.38. The minimum atomic E-state index is -0.689. The van der Waals surface area contributed by atoms with Crippen LogP contribution in [0.4, 0.5) is 13.2 Å². The summed E-state index contributed by atoms with van der Waals surface area (Å²) in [5.41, 5.74) is 1.91. The molecule has 0 atom stereocenters. The van der Waals surface area contributed by atoms with Crippen LogP contribution in [-0.2, 0) is 11.2 Å². The number of methoxy groups -OCH3 is 1. The summed E-state index contributed by atoms with van der Waals surface area (Å²) in [6.07, 6.45) is 1.71. The summed E-state index contributed by atoms with van der Waals surface area (Å²) < 4.78 is 51.8. The average Bonchev–Trinajstić information content (AvgIpc) is 3.50. The maximum atomic E-state index is 15.5. The normalized spacial score (nSPS) is 19.2. The second-order valence-corrected chi connectivity index (χ2v) is 14.1. The van der Waals surface area contributed by atoms with Crippen LogP contribution in [0, 0.1) is 17.5 Å². The predicted octanol–water partition coefficient (Wildman–Crippen LogP) is 6.45. The Kier molecular flexibility index (Phi) is 9.62. The fourth-order valence-corrected chi connectivity index (χ4v) is 7.88. The molecule has 3 aliphatic heterocycles. The van der Waals surface area contributed by atoms with Crippen molar-refractivity contribution < 1.29 is 27.2 Å². The highest BCUT2D eigenvalue weighted by Crippen LogP contribution is 2.39. The van der Waals surface area contributed by atoms with Crippen molar-refractivity contribution in [3.63, 3.8) is 0 Å². The van der Waals surface area contributed by atoms with Crippen LogP contribution in [0.5, 0.6) is 5.75 Å². The van der Waals surface area contributed by atoms with E-state index in [0.29, 0.717) is 17.4 Å². The number of nitrogens with zero attached hydrogens (tertiary/aromatic N) is 4. The number of amides is 1. The molecule has 4 heterocycles. The second kappa shape index (κ2) is 13.5. The van der Waals surface area contributed by atoms with Crippen molar-refractivity contribution in [2.75, 3.05) is 59.5 Å². The lowest BCUT2D eigenvalue weighted by molar-refractivity contribution is -0.939. The van der Waals surface area contributed by atoms with Gasteiger partial charge in [0.05, 0.1) is 51.7 Å². The van der Waals surface area contributed by atoms with Crippen molar-refractivity contribution in [1.82, 2.24) is 19.8 Å². The molecule has 7 rings (SSSR count). The number of rotatable bonds is 11. The van der Waals surface area contributed by atoms with Gasteiger partial charge in [-0.25, -0.2) is 18.2 Å². The first-order chi connectivity index (χ1) is 22.5. The topological polar surface area (TPSA) is 59.4 Å². The number of benzene rings is 3. The molecule has 1 amide bonds. The van der Waals surface area contributed by atoms with E-state index in [4.69, 9.17) is 16.3 Å². The first kappa shape index (κ1) is 33.4. The number of carbonyl (C=O) groups excluding carboxylic acids is 1.